The van der Waals surface area contributed by atoms with E-state index in [4.69, 9.17) is 5.73 Å². The Labute approximate surface area is 134 Å². The number of nitrogens with one attached hydrogen (secondary N) is 1. The van der Waals surface area contributed by atoms with Crippen LogP contribution < -0.4 is 10.7 Å². The molecule has 6 heteroatoms. The van der Waals surface area contributed by atoms with Gasteiger partial charge in [-0.1, -0.05) is 12.1 Å². The summed E-state index contributed by atoms with van der Waals surface area (Å²) in [5.74, 6) is 0.331. The normalized spacial score (nSPS) is 15.6. The van der Waals surface area contributed by atoms with Gasteiger partial charge in [-0.2, -0.15) is 0 Å². The molecule has 1 aliphatic rings. The Morgan fingerprint density at radius 2 is 1.78 bits per heavy atom. The van der Waals surface area contributed by atoms with E-state index in [0.717, 1.165) is 25.2 Å². The van der Waals surface area contributed by atoms with Gasteiger partial charge in [-0.25, -0.2) is 9.37 Å². The summed E-state index contributed by atoms with van der Waals surface area (Å²) >= 11 is 0. The zero-order valence-electron chi connectivity index (χ0n) is 12.8. The first-order chi connectivity index (χ1) is 11.1. The highest BCUT2D eigenvalue weighted by atomic mass is 19.1. The van der Waals surface area contributed by atoms with Crippen LogP contribution in [0.1, 0.15) is 15.9 Å². The Kier molecular flexibility index (Phi) is 4.52. The number of hydrogen-bond acceptors (Lipinski definition) is 3. The average molecular weight is 315 g/mol. The number of amides is 1. The van der Waals surface area contributed by atoms with Crippen LogP contribution in [0.3, 0.4) is 0 Å². The number of rotatable bonds is 3. The number of carbonyl (C=O) groups excluding carboxylic acids is 1. The van der Waals surface area contributed by atoms with Gasteiger partial charge in [0, 0.05) is 38.8 Å². The second-order valence-electron chi connectivity index (χ2n) is 5.73. The van der Waals surface area contributed by atoms with E-state index >= 15 is 0 Å². The number of anilines is 1. The Morgan fingerprint density at radius 1 is 1.09 bits per heavy atom. The van der Waals surface area contributed by atoms with Gasteiger partial charge >= 0.3 is 0 Å². The van der Waals surface area contributed by atoms with Crippen molar-refractivity contribution in [2.75, 3.05) is 31.9 Å². The highest BCUT2D eigenvalue weighted by Crippen LogP contribution is 2.12. The number of nitrogen functional groups attached to an aromatic ring is 1. The van der Waals surface area contributed by atoms with Crippen molar-refractivity contribution in [3.8, 4) is 0 Å². The predicted octanol–water partition coefficient (Wildman–Crippen LogP) is 1.18. The quantitative estimate of drug-likeness (QED) is 0.925. The van der Waals surface area contributed by atoms with Crippen LogP contribution in [0, 0.1) is 5.82 Å². The maximum Gasteiger partial charge on any atom is 0.270 e. The van der Waals surface area contributed by atoms with Crippen LogP contribution in [0.5, 0.6) is 0 Å². The highest BCUT2D eigenvalue weighted by molar-refractivity contribution is 5.93. The Hall–Kier alpha value is -2.47. The van der Waals surface area contributed by atoms with Crippen molar-refractivity contribution in [3.63, 3.8) is 0 Å². The molecule has 0 atom stereocenters. The van der Waals surface area contributed by atoms with Crippen LogP contribution in [0.15, 0.2) is 42.6 Å². The third-order valence-electron chi connectivity index (χ3n) is 4.06. The highest BCUT2D eigenvalue weighted by Gasteiger charge is 2.22. The van der Waals surface area contributed by atoms with Crippen molar-refractivity contribution in [3.05, 3.63) is 59.5 Å². The van der Waals surface area contributed by atoms with Crippen molar-refractivity contribution in [2.24, 2.45) is 0 Å². The molecule has 0 radical (unpaired) electrons. The molecule has 1 aliphatic heterocycles. The second-order valence-corrected chi connectivity index (χ2v) is 5.73. The molecule has 3 N–H and O–H groups in total. The fourth-order valence-corrected chi connectivity index (χ4v) is 2.71. The van der Waals surface area contributed by atoms with Crippen LogP contribution in [0.25, 0.3) is 0 Å². The van der Waals surface area contributed by atoms with E-state index < -0.39 is 0 Å². The largest absolute Gasteiger partial charge is 0.336 e. The van der Waals surface area contributed by atoms with E-state index in [0.29, 0.717) is 24.5 Å². The SMILES string of the molecule is Nc1ccc(C(=O)N2CCN(Cc3ccc(F)cc3)CC2)c[nH+]1. The molecule has 1 aromatic carbocycles. The van der Waals surface area contributed by atoms with Gasteiger partial charge < -0.3 is 4.90 Å². The van der Waals surface area contributed by atoms with Crippen LogP contribution in [0.2, 0.25) is 0 Å². The smallest absolute Gasteiger partial charge is 0.270 e. The molecule has 5 nitrogen and oxygen atoms in total. The summed E-state index contributed by atoms with van der Waals surface area (Å²) in [7, 11) is 0. The third kappa shape index (κ3) is 3.84. The standard InChI is InChI=1S/C17H19FN4O/c18-15-4-1-13(2-5-15)12-21-7-9-22(10-8-21)17(23)14-3-6-16(19)20-11-14/h1-6,11H,7-10,12H2,(H2,19,20)/p+1. The minimum atomic E-state index is -0.218. The fourth-order valence-electron chi connectivity index (χ4n) is 2.71. The molecule has 0 saturated carbocycles. The average Bonchev–Trinajstić information content (AvgIpc) is 2.58. The summed E-state index contributed by atoms with van der Waals surface area (Å²) in [5.41, 5.74) is 7.30. The molecule has 0 unspecified atom stereocenters. The van der Waals surface area contributed by atoms with Gasteiger partial charge in [-0.05, 0) is 23.8 Å². The first kappa shape index (κ1) is 15.4. The molecule has 2 heterocycles. The van der Waals surface area contributed by atoms with Gasteiger partial charge in [0.15, 0.2) is 0 Å². The lowest BCUT2D eigenvalue weighted by atomic mass is 10.2. The third-order valence-corrected chi connectivity index (χ3v) is 4.06. The molecule has 23 heavy (non-hydrogen) atoms. The molecule has 120 valence electrons. The van der Waals surface area contributed by atoms with E-state index in [1.54, 1.807) is 30.5 Å². The Bertz CT molecular complexity index is 664. The summed E-state index contributed by atoms with van der Waals surface area (Å²) in [6.07, 6.45) is 1.64. The lowest BCUT2D eigenvalue weighted by molar-refractivity contribution is -0.360. The van der Waals surface area contributed by atoms with Crippen molar-refractivity contribution in [1.29, 1.82) is 0 Å². The molecular formula is C17H20FN4O+. The lowest BCUT2D eigenvalue weighted by Gasteiger charge is -2.34. The number of nitrogens with zero attached hydrogens (tertiary/aromatic N) is 2. The molecular weight excluding hydrogens is 295 g/mol. The van der Waals surface area contributed by atoms with Gasteiger partial charge in [-0.3, -0.25) is 15.4 Å². The molecule has 1 fully saturated rings. The van der Waals surface area contributed by atoms with E-state index in [-0.39, 0.29) is 11.7 Å². The van der Waals surface area contributed by atoms with Crippen LogP contribution in [0.4, 0.5) is 10.2 Å². The molecule has 1 amide bonds. The summed E-state index contributed by atoms with van der Waals surface area (Å²) in [6, 6.07) is 9.99. The molecule has 0 bridgehead atoms. The number of carbonyl (C=O) groups is 1. The first-order valence-corrected chi connectivity index (χ1v) is 7.65. The summed E-state index contributed by atoms with van der Waals surface area (Å²) < 4.78 is 12.9. The summed E-state index contributed by atoms with van der Waals surface area (Å²) in [5, 5.41) is 0. The molecule has 0 aliphatic carbocycles. The van der Waals surface area contributed by atoms with Crippen LogP contribution in [-0.4, -0.2) is 41.9 Å². The Morgan fingerprint density at radius 3 is 2.39 bits per heavy atom. The zero-order valence-corrected chi connectivity index (χ0v) is 12.8. The number of H-pyrrole nitrogens is 1. The zero-order chi connectivity index (χ0) is 16.2. The van der Waals surface area contributed by atoms with Gasteiger partial charge in [0.1, 0.15) is 12.0 Å². The van der Waals surface area contributed by atoms with E-state index in [9.17, 15) is 9.18 Å². The number of piperazine rings is 1. The van der Waals surface area contributed by atoms with Crippen LogP contribution in [-0.2, 0) is 6.54 Å². The fraction of sp³-hybridized carbons (Fsp3) is 0.294. The topological polar surface area (TPSA) is 63.7 Å². The lowest BCUT2D eigenvalue weighted by Crippen LogP contribution is -2.48. The van der Waals surface area contributed by atoms with E-state index in [1.807, 2.05) is 4.90 Å². The minimum Gasteiger partial charge on any atom is -0.336 e. The van der Waals surface area contributed by atoms with Crippen LogP contribution >= 0.6 is 0 Å². The maximum absolute atomic E-state index is 12.9. The minimum absolute atomic E-state index is 0.0164. The number of hydrogen-bond donors (Lipinski definition) is 1. The van der Waals surface area contributed by atoms with E-state index in [1.165, 1.54) is 12.1 Å². The van der Waals surface area contributed by atoms with Crippen molar-refractivity contribution < 1.29 is 14.2 Å². The van der Waals surface area contributed by atoms with Gasteiger partial charge in [0.2, 0.25) is 0 Å². The van der Waals surface area contributed by atoms with Crippen molar-refractivity contribution >= 4 is 11.7 Å². The van der Waals surface area contributed by atoms with Gasteiger partial charge in [0.05, 0.1) is 5.56 Å². The Balaban J connectivity index is 1.54. The maximum atomic E-state index is 12.9. The summed E-state index contributed by atoms with van der Waals surface area (Å²) in [4.78, 5) is 19.4. The molecule has 2 aromatic rings. The molecule has 3 rings (SSSR count). The van der Waals surface area contributed by atoms with Gasteiger partial charge in [0.25, 0.3) is 11.7 Å². The summed E-state index contributed by atoms with van der Waals surface area (Å²) in [6.45, 7) is 3.76. The van der Waals surface area contributed by atoms with Crippen molar-refractivity contribution in [1.82, 2.24) is 9.80 Å². The molecule has 1 aromatic heterocycles. The van der Waals surface area contributed by atoms with E-state index in [2.05, 4.69) is 9.88 Å². The molecule has 1 saturated heterocycles. The number of pyridine rings is 1. The monoisotopic (exact) mass is 315 g/mol. The number of benzene rings is 1. The number of halogens is 1. The molecule has 0 spiro atoms. The number of aromatic amines is 1. The van der Waals surface area contributed by atoms with Crippen molar-refractivity contribution in [2.45, 2.75) is 6.54 Å². The first-order valence-electron chi connectivity index (χ1n) is 7.65. The second kappa shape index (κ2) is 6.75. The van der Waals surface area contributed by atoms with Gasteiger partial charge in [-0.15, -0.1) is 0 Å². The number of nitrogens with two attached hydrogens (primary N) is 1. The predicted molar refractivity (Wildman–Crippen MR) is 85.0 cm³/mol. The number of aromatic nitrogens is 1.